The van der Waals surface area contributed by atoms with E-state index in [-0.39, 0.29) is 11.8 Å². The minimum atomic E-state index is -0.0871. The van der Waals surface area contributed by atoms with Gasteiger partial charge in [-0.1, -0.05) is 11.3 Å². The molecule has 144 valence electrons. The number of thiophene rings is 1. The first-order chi connectivity index (χ1) is 13.1. The van der Waals surface area contributed by atoms with Crippen LogP contribution < -0.4 is 5.32 Å². The third-order valence-corrected chi connectivity index (χ3v) is 6.23. The van der Waals surface area contributed by atoms with Gasteiger partial charge in [-0.2, -0.15) is 0 Å². The summed E-state index contributed by atoms with van der Waals surface area (Å²) in [7, 11) is 0. The van der Waals surface area contributed by atoms with Crippen LogP contribution in [0, 0.1) is 6.92 Å². The van der Waals surface area contributed by atoms with E-state index in [1.807, 2.05) is 34.0 Å². The van der Waals surface area contributed by atoms with Crippen LogP contribution in [0.15, 0.2) is 17.5 Å². The summed E-state index contributed by atoms with van der Waals surface area (Å²) in [5, 5.41) is 13.7. The Morgan fingerprint density at radius 2 is 1.78 bits per heavy atom. The Bertz CT molecular complexity index is 804. The van der Waals surface area contributed by atoms with Crippen LogP contribution in [0.1, 0.15) is 44.7 Å². The summed E-state index contributed by atoms with van der Waals surface area (Å²) in [4.78, 5) is 29.7. The number of aromatic nitrogens is 3. The summed E-state index contributed by atoms with van der Waals surface area (Å²) in [6.07, 6.45) is 2.00. The van der Waals surface area contributed by atoms with Crippen LogP contribution in [-0.2, 0) is 0 Å². The van der Waals surface area contributed by atoms with Gasteiger partial charge in [-0.25, -0.2) is 4.68 Å². The van der Waals surface area contributed by atoms with E-state index in [0.29, 0.717) is 37.9 Å². The summed E-state index contributed by atoms with van der Waals surface area (Å²) >= 11 is 1.45. The van der Waals surface area contributed by atoms with Crippen molar-refractivity contribution < 1.29 is 9.59 Å². The van der Waals surface area contributed by atoms with Crippen LogP contribution in [0.2, 0.25) is 0 Å². The molecule has 0 aromatic carbocycles. The molecule has 0 atom stereocenters. The molecule has 2 fully saturated rings. The van der Waals surface area contributed by atoms with E-state index in [1.165, 1.54) is 11.3 Å². The van der Waals surface area contributed by atoms with E-state index in [2.05, 4.69) is 15.6 Å². The Hall–Kier alpha value is -2.26. The molecule has 8 nitrogen and oxygen atoms in total. The van der Waals surface area contributed by atoms with Gasteiger partial charge in [0.2, 0.25) is 0 Å². The van der Waals surface area contributed by atoms with E-state index in [4.69, 9.17) is 0 Å². The smallest absolute Gasteiger partial charge is 0.276 e. The fourth-order valence-corrected chi connectivity index (χ4v) is 4.45. The van der Waals surface area contributed by atoms with Gasteiger partial charge in [0.15, 0.2) is 5.69 Å². The molecule has 2 aromatic rings. The monoisotopic (exact) mass is 388 g/mol. The molecule has 4 rings (SSSR count). The molecule has 1 N–H and O–H groups in total. The van der Waals surface area contributed by atoms with Gasteiger partial charge < -0.3 is 15.1 Å². The summed E-state index contributed by atoms with van der Waals surface area (Å²) in [6.45, 7) is 5.99. The van der Waals surface area contributed by atoms with Gasteiger partial charge in [-0.15, -0.1) is 16.4 Å². The molecule has 27 heavy (non-hydrogen) atoms. The fourth-order valence-electron chi connectivity index (χ4n) is 3.76. The van der Waals surface area contributed by atoms with Crippen molar-refractivity contribution in [1.82, 2.24) is 30.1 Å². The highest BCUT2D eigenvalue weighted by atomic mass is 32.1. The molecule has 2 amide bonds. The first-order valence-corrected chi connectivity index (χ1v) is 10.3. The lowest BCUT2D eigenvalue weighted by molar-refractivity contribution is 0.0534. The minimum Gasteiger partial charge on any atom is -0.334 e. The number of piperazine rings is 1. The van der Waals surface area contributed by atoms with Crippen LogP contribution in [0.3, 0.4) is 0 Å². The lowest BCUT2D eigenvalue weighted by Crippen LogP contribution is -2.50. The molecule has 0 bridgehead atoms. The van der Waals surface area contributed by atoms with Gasteiger partial charge >= 0.3 is 0 Å². The molecule has 0 spiro atoms. The van der Waals surface area contributed by atoms with Crippen molar-refractivity contribution in [2.75, 3.05) is 39.3 Å². The normalized spacial score (nSPS) is 18.7. The SMILES string of the molecule is Cc1c(C(=O)N2CCN(C(=O)c3cccs3)CC2)nnn1C1CCNCC1. The van der Waals surface area contributed by atoms with Gasteiger partial charge in [-0.05, 0) is 44.3 Å². The molecule has 0 aliphatic carbocycles. The number of carbonyl (C=O) groups excluding carboxylic acids is 2. The summed E-state index contributed by atoms with van der Waals surface area (Å²) in [5.41, 5.74) is 1.27. The zero-order chi connectivity index (χ0) is 18.8. The highest BCUT2D eigenvalue weighted by Crippen LogP contribution is 2.21. The number of piperidine rings is 1. The number of carbonyl (C=O) groups is 2. The Morgan fingerprint density at radius 1 is 1.11 bits per heavy atom. The molecule has 0 unspecified atom stereocenters. The van der Waals surface area contributed by atoms with Crippen LogP contribution in [-0.4, -0.2) is 75.9 Å². The van der Waals surface area contributed by atoms with Gasteiger partial charge in [0.05, 0.1) is 16.6 Å². The Balaban J connectivity index is 1.39. The third-order valence-electron chi connectivity index (χ3n) is 5.37. The average molecular weight is 388 g/mol. The van der Waals surface area contributed by atoms with Crippen molar-refractivity contribution in [3.8, 4) is 0 Å². The van der Waals surface area contributed by atoms with Gasteiger partial charge in [-0.3, -0.25) is 9.59 Å². The van der Waals surface area contributed by atoms with E-state index < -0.39 is 0 Å². The van der Waals surface area contributed by atoms with Crippen molar-refractivity contribution in [2.24, 2.45) is 0 Å². The second-order valence-electron chi connectivity index (χ2n) is 7.01. The fraction of sp³-hybridized carbons (Fsp3) is 0.556. The zero-order valence-corrected chi connectivity index (χ0v) is 16.2. The predicted molar refractivity (Wildman–Crippen MR) is 102 cm³/mol. The highest BCUT2D eigenvalue weighted by molar-refractivity contribution is 7.12. The van der Waals surface area contributed by atoms with Gasteiger partial charge in [0.1, 0.15) is 0 Å². The van der Waals surface area contributed by atoms with Gasteiger partial charge in [0.25, 0.3) is 11.8 Å². The van der Waals surface area contributed by atoms with Crippen LogP contribution in [0.4, 0.5) is 0 Å². The predicted octanol–water partition coefficient (Wildman–Crippen LogP) is 1.17. The van der Waals surface area contributed by atoms with E-state index >= 15 is 0 Å². The maximum atomic E-state index is 12.9. The molecule has 2 aliphatic heterocycles. The number of amides is 2. The lowest BCUT2D eigenvalue weighted by atomic mass is 10.1. The second-order valence-corrected chi connectivity index (χ2v) is 7.96. The van der Waals surface area contributed by atoms with E-state index in [0.717, 1.165) is 36.5 Å². The molecule has 0 radical (unpaired) electrons. The van der Waals surface area contributed by atoms with Crippen molar-refractivity contribution in [1.29, 1.82) is 0 Å². The average Bonchev–Trinajstić information content (AvgIpc) is 3.38. The maximum Gasteiger partial charge on any atom is 0.276 e. The molecule has 9 heteroatoms. The van der Waals surface area contributed by atoms with Crippen molar-refractivity contribution in [2.45, 2.75) is 25.8 Å². The molecular weight excluding hydrogens is 364 g/mol. The molecule has 2 aliphatic rings. The Morgan fingerprint density at radius 3 is 2.41 bits per heavy atom. The Kier molecular flexibility index (Phi) is 5.22. The van der Waals surface area contributed by atoms with Crippen LogP contribution >= 0.6 is 11.3 Å². The third kappa shape index (κ3) is 3.61. The second kappa shape index (κ2) is 7.77. The number of nitrogens with one attached hydrogen (secondary N) is 1. The largest absolute Gasteiger partial charge is 0.334 e. The number of rotatable bonds is 3. The molecule has 4 heterocycles. The number of hydrogen-bond acceptors (Lipinski definition) is 6. The number of hydrogen-bond donors (Lipinski definition) is 1. The summed E-state index contributed by atoms with van der Waals surface area (Å²) in [6, 6.07) is 4.03. The quantitative estimate of drug-likeness (QED) is 0.853. The van der Waals surface area contributed by atoms with Crippen molar-refractivity contribution in [3.05, 3.63) is 33.8 Å². The molecule has 0 saturated carbocycles. The minimum absolute atomic E-state index is 0.0464. The molecular formula is C18H24N6O2S. The zero-order valence-electron chi connectivity index (χ0n) is 15.4. The molecule has 2 aromatic heterocycles. The topological polar surface area (TPSA) is 83.4 Å². The van der Waals surface area contributed by atoms with Crippen molar-refractivity contribution in [3.63, 3.8) is 0 Å². The highest BCUT2D eigenvalue weighted by Gasteiger charge is 2.29. The van der Waals surface area contributed by atoms with Crippen LogP contribution in [0.5, 0.6) is 0 Å². The van der Waals surface area contributed by atoms with Gasteiger partial charge in [0, 0.05) is 26.2 Å². The van der Waals surface area contributed by atoms with Crippen molar-refractivity contribution >= 4 is 23.2 Å². The van der Waals surface area contributed by atoms with E-state index in [9.17, 15) is 9.59 Å². The van der Waals surface area contributed by atoms with E-state index in [1.54, 1.807) is 4.90 Å². The summed E-state index contributed by atoms with van der Waals surface area (Å²) in [5.74, 6) is -0.0407. The lowest BCUT2D eigenvalue weighted by Gasteiger charge is -2.34. The Labute approximate surface area is 162 Å². The first-order valence-electron chi connectivity index (χ1n) is 9.39. The number of nitrogens with zero attached hydrogens (tertiary/aromatic N) is 5. The standard InChI is InChI=1S/C18H24N6O2S/c1-13-16(20-21-24(13)14-4-6-19-7-5-14)18(26)23-10-8-22(9-11-23)17(25)15-3-2-12-27-15/h2-3,12,14,19H,4-11H2,1H3. The summed E-state index contributed by atoms with van der Waals surface area (Å²) < 4.78 is 1.91. The first kappa shape index (κ1) is 18.1. The molecule has 2 saturated heterocycles. The maximum absolute atomic E-state index is 12.9. The van der Waals surface area contributed by atoms with Crippen LogP contribution in [0.25, 0.3) is 0 Å².